The van der Waals surface area contributed by atoms with E-state index in [1.165, 1.54) is 36.7 Å². The Balaban J connectivity index is 0.000000253. The van der Waals surface area contributed by atoms with Gasteiger partial charge in [-0.25, -0.2) is 0 Å². The van der Waals surface area contributed by atoms with Crippen molar-refractivity contribution < 1.29 is 36.9 Å². The zero-order chi connectivity index (χ0) is 25.6. The van der Waals surface area contributed by atoms with Crippen LogP contribution in [-0.2, 0) is 16.5 Å². The van der Waals surface area contributed by atoms with Crippen molar-refractivity contribution in [1.29, 1.82) is 0 Å². The molecular weight excluding hydrogens is 519 g/mol. The first-order valence-electron chi connectivity index (χ1n) is 10.5. The second kappa shape index (κ2) is 15.2. The van der Waals surface area contributed by atoms with Gasteiger partial charge in [0.1, 0.15) is 11.5 Å². The van der Waals surface area contributed by atoms with Crippen molar-refractivity contribution in [2.45, 2.75) is 0 Å². The standard InChI is InChI=1S/2C13H11N3O2.Ni/c2*17-12-7-2-1-6-11(12)13(18)16-15-9-10-5-3-4-8-14-10;/h2*1-9,17H,(H,16,18);/q;;+2/p-2/b2*15-9+;. The molecule has 4 rings (SSSR count). The van der Waals surface area contributed by atoms with Crippen LogP contribution >= 0.6 is 0 Å². The first kappa shape index (κ1) is 28.4. The maximum atomic E-state index is 11.6. The SMILES string of the molecule is [Ni+2].[O-]/C(=N\N=C\c1ccccn1)c1ccccc1O.[O-]/C(=N\N=C\c1ccccn1)c1ccccc1O. The number of nitrogens with zero attached hydrogens (tertiary/aromatic N) is 6. The van der Waals surface area contributed by atoms with E-state index >= 15 is 0 Å². The quantitative estimate of drug-likeness (QED) is 0.165. The summed E-state index contributed by atoms with van der Waals surface area (Å²) in [5, 5.41) is 56.3. The molecule has 0 amide bonds. The summed E-state index contributed by atoms with van der Waals surface area (Å²) < 4.78 is 0. The molecule has 0 unspecified atom stereocenters. The van der Waals surface area contributed by atoms with E-state index in [-0.39, 0.29) is 39.1 Å². The van der Waals surface area contributed by atoms with Gasteiger partial charge in [0.2, 0.25) is 0 Å². The van der Waals surface area contributed by atoms with Gasteiger partial charge in [-0.15, -0.1) is 0 Å². The van der Waals surface area contributed by atoms with Crippen molar-refractivity contribution in [2.24, 2.45) is 20.4 Å². The first-order valence-corrected chi connectivity index (χ1v) is 10.5. The van der Waals surface area contributed by atoms with Crippen molar-refractivity contribution in [1.82, 2.24) is 9.97 Å². The van der Waals surface area contributed by atoms with E-state index in [1.54, 1.807) is 73.1 Å². The molecule has 0 aliphatic rings. The summed E-state index contributed by atoms with van der Waals surface area (Å²) in [6.45, 7) is 0. The number of rotatable bonds is 6. The molecule has 0 saturated carbocycles. The third-order valence-electron chi connectivity index (χ3n) is 4.32. The molecule has 0 bridgehead atoms. The maximum absolute atomic E-state index is 11.6. The van der Waals surface area contributed by atoms with Gasteiger partial charge >= 0.3 is 16.5 Å². The number of pyridine rings is 2. The Labute approximate surface area is 222 Å². The predicted octanol–water partition coefficient (Wildman–Crippen LogP) is 1.85. The van der Waals surface area contributed by atoms with Crippen LogP contribution < -0.4 is 10.2 Å². The van der Waals surface area contributed by atoms with Crippen LogP contribution in [0.2, 0.25) is 0 Å². The van der Waals surface area contributed by atoms with Crippen LogP contribution in [0.4, 0.5) is 0 Å². The van der Waals surface area contributed by atoms with Gasteiger partial charge in [0, 0.05) is 35.3 Å². The number of aromatic hydroxyl groups is 2. The van der Waals surface area contributed by atoms with Crippen molar-refractivity contribution >= 4 is 24.2 Å². The van der Waals surface area contributed by atoms with Crippen LogP contribution in [0.25, 0.3) is 0 Å². The monoisotopic (exact) mass is 538 g/mol. The van der Waals surface area contributed by atoms with E-state index in [0.29, 0.717) is 11.4 Å². The van der Waals surface area contributed by atoms with Crippen LogP contribution in [-0.4, -0.2) is 44.4 Å². The minimum absolute atomic E-state index is 0. The molecule has 0 spiro atoms. The molecule has 2 aromatic heterocycles. The van der Waals surface area contributed by atoms with Gasteiger partial charge in [0.15, 0.2) is 0 Å². The molecule has 0 radical (unpaired) electrons. The van der Waals surface area contributed by atoms with E-state index in [0.717, 1.165) is 0 Å². The fourth-order valence-corrected chi connectivity index (χ4v) is 2.60. The summed E-state index contributed by atoms with van der Waals surface area (Å²) in [6, 6.07) is 23.0. The molecule has 37 heavy (non-hydrogen) atoms. The van der Waals surface area contributed by atoms with Crippen molar-refractivity contribution in [3.63, 3.8) is 0 Å². The minimum atomic E-state index is -0.597. The Hall–Kier alpha value is -4.89. The van der Waals surface area contributed by atoms with E-state index < -0.39 is 11.8 Å². The van der Waals surface area contributed by atoms with Gasteiger partial charge in [-0.05, 0) is 36.4 Å². The molecule has 0 aliphatic heterocycles. The topological polar surface area (TPSA) is 162 Å². The van der Waals surface area contributed by atoms with Crippen molar-refractivity contribution in [2.75, 3.05) is 0 Å². The Morgan fingerprint density at radius 1 is 0.595 bits per heavy atom. The molecule has 0 atom stereocenters. The van der Waals surface area contributed by atoms with E-state index in [1.807, 2.05) is 0 Å². The third-order valence-corrected chi connectivity index (χ3v) is 4.32. The fourth-order valence-electron chi connectivity index (χ4n) is 2.60. The summed E-state index contributed by atoms with van der Waals surface area (Å²) in [7, 11) is 0. The second-order valence-electron chi connectivity index (χ2n) is 6.84. The number of aromatic nitrogens is 2. The average Bonchev–Trinajstić information content (AvgIpc) is 2.91. The molecule has 2 N–H and O–H groups in total. The molecule has 0 fully saturated rings. The van der Waals surface area contributed by atoms with E-state index in [2.05, 4.69) is 30.4 Å². The Morgan fingerprint density at radius 3 is 1.32 bits per heavy atom. The van der Waals surface area contributed by atoms with Crippen LogP contribution in [0.1, 0.15) is 22.5 Å². The van der Waals surface area contributed by atoms with Crippen molar-refractivity contribution in [3.05, 3.63) is 120 Å². The normalized spacial score (nSPS) is 11.6. The third kappa shape index (κ3) is 9.35. The molecule has 2 aromatic carbocycles. The van der Waals surface area contributed by atoms with Crippen LogP contribution in [0.3, 0.4) is 0 Å². The average molecular weight is 539 g/mol. The van der Waals surface area contributed by atoms with Gasteiger partial charge in [-0.2, -0.15) is 20.4 Å². The Morgan fingerprint density at radius 2 is 0.973 bits per heavy atom. The summed E-state index contributed by atoms with van der Waals surface area (Å²) in [6.07, 6.45) is 5.98. The fraction of sp³-hybridized carbons (Fsp3) is 0. The molecule has 0 aliphatic carbocycles. The molecule has 4 aromatic rings. The molecule has 188 valence electrons. The second-order valence-corrected chi connectivity index (χ2v) is 6.84. The van der Waals surface area contributed by atoms with Crippen LogP contribution in [0.15, 0.2) is 118 Å². The van der Waals surface area contributed by atoms with Gasteiger partial charge < -0.3 is 20.4 Å². The van der Waals surface area contributed by atoms with Gasteiger partial charge in [-0.1, -0.05) is 48.5 Å². The van der Waals surface area contributed by atoms with E-state index in [4.69, 9.17) is 0 Å². The number of phenolic OH excluding ortho intramolecular Hbond substituents is 2. The summed E-state index contributed by atoms with van der Waals surface area (Å²) >= 11 is 0. The number of phenols is 2. The van der Waals surface area contributed by atoms with Crippen LogP contribution in [0, 0.1) is 0 Å². The number of hydrogen-bond donors (Lipinski definition) is 2. The number of para-hydroxylation sites is 2. The van der Waals surface area contributed by atoms with E-state index in [9.17, 15) is 20.4 Å². The van der Waals surface area contributed by atoms with Gasteiger partial charge in [0.05, 0.1) is 23.8 Å². The molecule has 2 heterocycles. The van der Waals surface area contributed by atoms with Gasteiger partial charge in [0.25, 0.3) is 0 Å². The molecule has 0 saturated heterocycles. The zero-order valence-corrected chi connectivity index (χ0v) is 20.1. The summed E-state index contributed by atoms with van der Waals surface area (Å²) in [5.41, 5.74) is 1.45. The number of benzene rings is 2. The predicted molar refractivity (Wildman–Crippen MR) is 133 cm³/mol. The zero-order valence-electron chi connectivity index (χ0n) is 19.1. The minimum Gasteiger partial charge on any atom is -0.857 e. The summed E-state index contributed by atoms with van der Waals surface area (Å²) in [5.74, 6) is -1.42. The maximum Gasteiger partial charge on any atom is 2.00 e. The molecule has 11 heteroatoms. The van der Waals surface area contributed by atoms with Crippen LogP contribution in [0.5, 0.6) is 11.5 Å². The summed E-state index contributed by atoms with van der Waals surface area (Å²) in [4.78, 5) is 7.99. The molecular formula is C26H20N6NiO4. The first-order chi connectivity index (χ1) is 17.5. The Bertz CT molecular complexity index is 1270. The molecule has 10 nitrogen and oxygen atoms in total. The largest absolute Gasteiger partial charge is 2.00 e. The number of hydrogen-bond acceptors (Lipinski definition) is 10. The van der Waals surface area contributed by atoms with Crippen molar-refractivity contribution in [3.8, 4) is 11.5 Å². The van der Waals surface area contributed by atoms with Gasteiger partial charge in [-0.3, -0.25) is 9.97 Å². The smallest absolute Gasteiger partial charge is 0.857 e. The Kier molecular flexibility index (Phi) is 11.6.